The van der Waals surface area contributed by atoms with Crippen LogP contribution in [0.3, 0.4) is 0 Å². The van der Waals surface area contributed by atoms with Crippen molar-refractivity contribution in [3.05, 3.63) is 40.4 Å². The van der Waals surface area contributed by atoms with E-state index < -0.39 is 11.9 Å². The van der Waals surface area contributed by atoms with Gasteiger partial charge in [-0.05, 0) is 12.5 Å². The third-order valence-corrected chi connectivity index (χ3v) is 4.86. The van der Waals surface area contributed by atoms with Crippen molar-refractivity contribution in [3.63, 3.8) is 0 Å². The topological polar surface area (TPSA) is 70.5 Å². The van der Waals surface area contributed by atoms with Gasteiger partial charge < -0.3 is 10.0 Å². The van der Waals surface area contributed by atoms with Crippen LogP contribution in [0.25, 0.3) is 10.6 Å². The van der Waals surface area contributed by atoms with Crippen LogP contribution in [0.2, 0.25) is 5.02 Å². The first-order valence-corrected chi connectivity index (χ1v) is 8.04. The Morgan fingerprint density at radius 2 is 2.14 bits per heavy atom. The molecule has 1 aromatic carbocycles. The highest BCUT2D eigenvalue weighted by Crippen LogP contribution is 2.30. The molecule has 2 aromatic rings. The Morgan fingerprint density at radius 3 is 2.82 bits per heavy atom. The van der Waals surface area contributed by atoms with E-state index in [4.69, 9.17) is 16.7 Å². The number of benzene rings is 1. The quantitative estimate of drug-likeness (QED) is 0.935. The first-order chi connectivity index (χ1) is 10.6. The number of halogens is 1. The average Bonchev–Trinajstić information content (AvgIpc) is 3.17. The zero-order valence-corrected chi connectivity index (χ0v) is 13.1. The summed E-state index contributed by atoms with van der Waals surface area (Å²) in [6.07, 6.45) is 0.489. The number of nitrogens with zero attached hydrogens (tertiary/aromatic N) is 2. The molecule has 0 bridgehead atoms. The number of thiazole rings is 1. The van der Waals surface area contributed by atoms with Crippen molar-refractivity contribution in [2.24, 2.45) is 5.92 Å². The van der Waals surface area contributed by atoms with Gasteiger partial charge in [-0.3, -0.25) is 9.59 Å². The van der Waals surface area contributed by atoms with Crippen molar-refractivity contribution < 1.29 is 14.7 Å². The summed E-state index contributed by atoms with van der Waals surface area (Å²) < 4.78 is 0. The Hall–Kier alpha value is -1.92. The molecule has 1 atom stereocenters. The molecule has 0 aliphatic carbocycles. The van der Waals surface area contributed by atoms with Gasteiger partial charge >= 0.3 is 5.97 Å². The predicted molar refractivity (Wildman–Crippen MR) is 84.2 cm³/mol. The summed E-state index contributed by atoms with van der Waals surface area (Å²) in [5, 5.41) is 12.0. The van der Waals surface area contributed by atoms with Crippen LogP contribution in [0.1, 0.15) is 16.9 Å². The van der Waals surface area contributed by atoms with Crippen molar-refractivity contribution in [3.8, 4) is 10.6 Å². The lowest BCUT2D eigenvalue weighted by atomic mass is 10.1. The molecule has 3 rings (SSSR count). The molecule has 7 heteroatoms. The van der Waals surface area contributed by atoms with E-state index in [1.165, 1.54) is 11.3 Å². The van der Waals surface area contributed by atoms with Gasteiger partial charge in [-0.2, -0.15) is 0 Å². The second-order valence-electron chi connectivity index (χ2n) is 5.09. The smallest absolute Gasteiger partial charge is 0.308 e. The molecule has 1 aromatic heterocycles. The molecule has 5 nitrogen and oxygen atoms in total. The van der Waals surface area contributed by atoms with Crippen LogP contribution < -0.4 is 0 Å². The summed E-state index contributed by atoms with van der Waals surface area (Å²) in [5.74, 6) is -1.56. The summed E-state index contributed by atoms with van der Waals surface area (Å²) in [5.41, 5.74) is 1.13. The van der Waals surface area contributed by atoms with Gasteiger partial charge in [-0.1, -0.05) is 29.8 Å². The first-order valence-electron chi connectivity index (χ1n) is 6.79. The molecule has 2 heterocycles. The van der Waals surface area contributed by atoms with E-state index in [1.54, 1.807) is 16.3 Å². The lowest BCUT2D eigenvalue weighted by Crippen LogP contribution is -2.30. The van der Waals surface area contributed by atoms with Crippen LogP contribution in [0.5, 0.6) is 0 Å². The lowest BCUT2D eigenvalue weighted by Gasteiger charge is -2.13. The van der Waals surface area contributed by atoms with Crippen molar-refractivity contribution in [1.29, 1.82) is 0 Å². The van der Waals surface area contributed by atoms with Crippen molar-refractivity contribution in [2.45, 2.75) is 6.42 Å². The minimum absolute atomic E-state index is 0.224. The van der Waals surface area contributed by atoms with Crippen LogP contribution in [0, 0.1) is 5.92 Å². The Bertz CT molecular complexity index is 731. The van der Waals surface area contributed by atoms with Gasteiger partial charge in [0.15, 0.2) is 0 Å². The fourth-order valence-electron chi connectivity index (χ4n) is 2.44. The first kappa shape index (κ1) is 15.0. The van der Waals surface area contributed by atoms with Gasteiger partial charge in [-0.15, -0.1) is 11.3 Å². The van der Waals surface area contributed by atoms with E-state index in [0.717, 1.165) is 5.56 Å². The highest BCUT2D eigenvalue weighted by atomic mass is 35.5. The SMILES string of the molecule is O=C(O)C1CCN(C(=O)c2csc(-c3ccccc3Cl)n2)C1. The number of hydrogen-bond donors (Lipinski definition) is 1. The van der Waals surface area contributed by atoms with Gasteiger partial charge in [0.1, 0.15) is 10.7 Å². The zero-order chi connectivity index (χ0) is 15.7. The van der Waals surface area contributed by atoms with Crippen LogP contribution in [0.4, 0.5) is 0 Å². The number of aromatic nitrogens is 1. The Morgan fingerprint density at radius 1 is 1.36 bits per heavy atom. The van der Waals surface area contributed by atoms with E-state index in [1.807, 2.05) is 18.2 Å². The Kier molecular flexibility index (Phi) is 4.13. The summed E-state index contributed by atoms with van der Waals surface area (Å²) >= 11 is 7.49. The number of likely N-dealkylation sites (tertiary alicyclic amines) is 1. The monoisotopic (exact) mass is 336 g/mol. The maximum absolute atomic E-state index is 12.4. The molecular weight excluding hydrogens is 324 g/mol. The zero-order valence-electron chi connectivity index (χ0n) is 11.5. The number of hydrogen-bond acceptors (Lipinski definition) is 4. The maximum Gasteiger partial charge on any atom is 0.308 e. The summed E-state index contributed by atoms with van der Waals surface area (Å²) in [4.78, 5) is 29.3. The summed E-state index contributed by atoms with van der Waals surface area (Å²) in [6, 6.07) is 7.33. The molecule has 1 amide bonds. The molecule has 0 spiro atoms. The van der Waals surface area contributed by atoms with Gasteiger partial charge in [0, 0.05) is 24.0 Å². The maximum atomic E-state index is 12.4. The van der Waals surface area contributed by atoms with Crippen LogP contribution in [0.15, 0.2) is 29.6 Å². The molecule has 22 heavy (non-hydrogen) atoms. The number of carboxylic acids is 1. The highest BCUT2D eigenvalue weighted by Gasteiger charge is 2.32. The molecule has 1 aliphatic rings. The normalized spacial score (nSPS) is 17.7. The van der Waals surface area contributed by atoms with E-state index in [9.17, 15) is 9.59 Å². The number of amides is 1. The molecule has 114 valence electrons. The molecule has 1 saturated heterocycles. The molecule has 0 radical (unpaired) electrons. The van der Waals surface area contributed by atoms with E-state index >= 15 is 0 Å². The largest absolute Gasteiger partial charge is 0.481 e. The van der Waals surface area contributed by atoms with Crippen molar-refractivity contribution in [1.82, 2.24) is 9.88 Å². The number of carboxylic acid groups (broad SMARTS) is 1. The van der Waals surface area contributed by atoms with Crippen molar-refractivity contribution >= 4 is 34.8 Å². The minimum Gasteiger partial charge on any atom is -0.481 e. The third-order valence-electron chi connectivity index (χ3n) is 3.65. The van der Waals surface area contributed by atoms with Gasteiger partial charge in [-0.25, -0.2) is 4.98 Å². The number of carbonyl (C=O) groups excluding carboxylic acids is 1. The average molecular weight is 337 g/mol. The lowest BCUT2D eigenvalue weighted by molar-refractivity contribution is -0.141. The Labute approximate surface area is 136 Å². The Balaban J connectivity index is 1.78. The van der Waals surface area contributed by atoms with Crippen LogP contribution in [-0.4, -0.2) is 40.0 Å². The number of aliphatic carboxylic acids is 1. The van der Waals surface area contributed by atoms with Crippen LogP contribution >= 0.6 is 22.9 Å². The second-order valence-corrected chi connectivity index (χ2v) is 6.36. The van der Waals surface area contributed by atoms with E-state index in [2.05, 4.69) is 4.98 Å². The molecule has 1 unspecified atom stereocenters. The molecule has 1 fully saturated rings. The van der Waals surface area contributed by atoms with Crippen molar-refractivity contribution in [2.75, 3.05) is 13.1 Å². The number of rotatable bonds is 3. The van der Waals surface area contributed by atoms with Gasteiger partial charge in [0.2, 0.25) is 0 Å². The fourth-order valence-corrected chi connectivity index (χ4v) is 3.55. The third kappa shape index (κ3) is 2.84. The molecule has 0 saturated carbocycles. The van der Waals surface area contributed by atoms with E-state index in [0.29, 0.717) is 28.7 Å². The summed E-state index contributed by atoms with van der Waals surface area (Å²) in [6.45, 7) is 0.696. The van der Waals surface area contributed by atoms with E-state index in [-0.39, 0.29) is 12.5 Å². The van der Waals surface area contributed by atoms with Crippen LogP contribution in [-0.2, 0) is 4.79 Å². The molecule has 1 aliphatic heterocycles. The number of carbonyl (C=O) groups is 2. The van der Waals surface area contributed by atoms with Gasteiger partial charge in [0.25, 0.3) is 5.91 Å². The highest BCUT2D eigenvalue weighted by molar-refractivity contribution is 7.13. The van der Waals surface area contributed by atoms with Gasteiger partial charge in [0.05, 0.1) is 10.9 Å². The summed E-state index contributed by atoms with van der Waals surface area (Å²) in [7, 11) is 0. The standard InChI is InChI=1S/C15H13ClN2O3S/c16-11-4-2-1-3-10(11)13-17-12(8-22-13)14(19)18-6-5-9(7-18)15(20)21/h1-4,8-9H,5-7H2,(H,20,21). The molecular formula is C15H13ClN2O3S. The molecule has 1 N–H and O–H groups in total. The second kappa shape index (κ2) is 6.06. The predicted octanol–water partition coefficient (Wildman–Crippen LogP) is 3.01. The fraction of sp³-hybridized carbons (Fsp3) is 0.267. The minimum atomic E-state index is -0.856.